The third kappa shape index (κ3) is 3.13. The lowest BCUT2D eigenvalue weighted by molar-refractivity contribution is 0.0198. The minimum atomic E-state index is 0.419. The molecule has 0 radical (unpaired) electrons. The Labute approximate surface area is 131 Å². The Morgan fingerprint density at radius 3 is 2.95 bits per heavy atom. The van der Waals surface area contributed by atoms with E-state index in [9.17, 15) is 0 Å². The molecule has 1 saturated carbocycles. The summed E-state index contributed by atoms with van der Waals surface area (Å²) in [5, 5.41) is 0. The van der Waals surface area contributed by atoms with Crippen LogP contribution in [0.4, 0.5) is 0 Å². The molecule has 21 heavy (non-hydrogen) atoms. The van der Waals surface area contributed by atoms with Crippen molar-refractivity contribution in [2.24, 2.45) is 5.92 Å². The van der Waals surface area contributed by atoms with Gasteiger partial charge in [0.1, 0.15) is 0 Å². The first-order chi connectivity index (χ1) is 10.3. The van der Waals surface area contributed by atoms with Crippen molar-refractivity contribution in [3.8, 4) is 0 Å². The highest BCUT2D eigenvalue weighted by molar-refractivity contribution is 8.01. The largest absolute Gasteiger partial charge is 0.371 e. The standard InChI is InChI=1S/C17H24N2OS/c1-2-7-18-15(6-1)10-20-16-8-17(21-11-16)12-19(13-17)9-14-4-3-5-14/h1-2,6-7,14,16H,3-5,8-13H2/t16-/m0/s1. The Hall–Kier alpha value is -0.580. The topological polar surface area (TPSA) is 25.4 Å². The third-order valence-electron chi connectivity index (χ3n) is 5.13. The monoisotopic (exact) mass is 304 g/mol. The molecule has 2 saturated heterocycles. The van der Waals surface area contributed by atoms with Crippen LogP contribution in [0, 0.1) is 5.92 Å². The van der Waals surface area contributed by atoms with E-state index in [-0.39, 0.29) is 0 Å². The number of likely N-dealkylation sites (tertiary alicyclic amines) is 1. The fourth-order valence-electron chi connectivity index (χ4n) is 3.75. The normalized spacial score (nSPS) is 28.5. The number of hydrogen-bond donors (Lipinski definition) is 0. The van der Waals surface area contributed by atoms with Crippen molar-refractivity contribution >= 4 is 11.8 Å². The van der Waals surface area contributed by atoms with Crippen LogP contribution in [0.3, 0.4) is 0 Å². The lowest BCUT2D eigenvalue weighted by Crippen LogP contribution is -2.60. The van der Waals surface area contributed by atoms with Crippen molar-refractivity contribution in [3.05, 3.63) is 30.1 Å². The van der Waals surface area contributed by atoms with E-state index in [2.05, 4.69) is 21.6 Å². The fraction of sp³-hybridized carbons (Fsp3) is 0.706. The van der Waals surface area contributed by atoms with Crippen LogP contribution in [0.2, 0.25) is 0 Å². The van der Waals surface area contributed by atoms with E-state index in [0.717, 1.165) is 17.4 Å². The van der Waals surface area contributed by atoms with Gasteiger partial charge >= 0.3 is 0 Å². The van der Waals surface area contributed by atoms with Gasteiger partial charge in [-0.2, -0.15) is 0 Å². The molecule has 3 aliphatic rings. The lowest BCUT2D eigenvalue weighted by Gasteiger charge is -2.49. The van der Waals surface area contributed by atoms with E-state index >= 15 is 0 Å². The first-order valence-electron chi connectivity index (χ1n) is 8.19. The Morgan fingerprint density at radius 2 is 2.24 bits per heavy atom. The van der Waals surface area contributed by atoms with Gasteiger partial charge in [0, 0.05) is 36.3 Å². The average Bonchev–Trinajstić information content (AvgIpc) is 2.85. The minimum Gasteiger partial charge on any atom is -0.371 e. The van der Waals surface area contributed by atoms with Crippen molar-refractivity contribution in [3.63, 3.8) is 0 Å². The summed E-state index contributed by atoms with van der Waals surface area (Å²) in [5.41, 5.74) is 1.05. The first-order valence-corrected chi connectivity index (χ1v) is 9.18. The Kier molecular flexibility index (Phi) is 3.94. The quantitative estimate of drug-likeness (QED) is 0.835. The zero-order valence-corrected chi connectivity index (χ0v) is 13.4. The van der Waals surface area contributed by atoms with Crippen molar-refractivity contribution in [1.82, 2.24) is 9.88 Å². The van der Waals surface area contributed by atoms with Gasteiger partial charge in [-0.15, -0.1) is 11.8 Å². The predicted octanol–water partition coefficient (Wildman–Crippen LogP) is 2.96. The van der Waals surface area contributed by atoms with Gasteiger partial charge in [0.15, 0.2) is 0 Å². The molecule has 1 spiro atoms. The highest BCUT2D eigenvalue weighted by atomic mass is 32.2. The second-order valence-electron chi connectivity index (χ2n) is 6.92. The first kappa shape index (κ1) is 14.0. The van der Waals surface area contributed by atoms with Crippen LogP contribution >= 0.6 is 11.8 Å². The fourth-order valence-corrected chi connectivity index (χ4v) is 5.36. The highest BCUT2D eigenvalue weighted by Gasteiger charge is 2.49. The number of thioether (sulfide) groups is 1. The lowest BCUT2D eigenvalue weighted by atomic mass is 9.83. The van der Waals surface area contributed by atoms with Gasteiger partial charge in [0.2, 0.25) is 0 Å². The van der Waals surface area contributed by atoms with Crippen molar-refractivity contribution in [1.29, 1.82) is 0 Å². The Bertz CT molecular complexity index is 471. The van der Waals surface area contributed by atoms with E-state index in [1.54, 1.807) is 0 Å². The number of nitrogens with zero attached hydrogens (tertiary/aromatic N) is 2. The second-order valence-corrected chi connectivity index (χ2v) is 8.41. The third-order valence-corrected chi connectivity index (χ3v) is 6.71. The molecule has 4 heteroatoms. The molecule has 3 nitrogen and oxygen atoms in total. The second kappa shape index (κ2) is 5.90. The summed E-state index contributed by atoms with van der Waals surface area (Å²) in [5.74, 6) is 2.16. The van der Waals surface area contributed by atoms with Crippen LogP contribution in [-0.2, 0) is 11.3 Å². The molecule has 1 aliphatic carbocycles. The summed E-state index contributed by atoms with van der Waals surface area (Å²) in [6.07, 6.45) is 7.88. The number of ether oxygens (including phenoxy) is 1. The molecule has 0 unspecified atom stereocenters. The van der Waals surface area contributed by atoms with Crippen LogP contribution in [0.5, 0.6) is 0 Å². The van der Waals surface area contributed by atoms with E-state index in [1.165, 1.54) is 45.3 Å². The van der Waals surface area contributed by atoms with Crippen LogP contribution in [-0.4, -0.2) is 46.1 Å². The molecule has 3 fully saturated rings. The SMILES string of the molecule is c1ccc(CO[C@@H]2CSC3(C2)CN(CC2CCC2)C3)nc1. The van der Waals surface area contributed by atoms with Gasteiger partial charge in [0.25, 0.3) is 0 Å². The zero-order valence-electron chi connectivity index (χ0n) is 12.5. The highest BCUT2D eigenvalue weighted by Crippen LogP contribution is 2.46. The molecule has 0 amide bonds. The van der Waals surface area contributed by atoms with Crippen LogP contribution in [0.1, 0.15) is 31.4 Å². The van der Waals surface area contributed by atoms with Crippen LogP contribution < -0.4 is 0 Å². The molecule has 0 N–H and O–H groups in total. The maximum Gasteiger partial charge on any atom is 0.0892 e. The number of pyridine rings is 1. The van der Waals surface area contributed by atoms with Crippen molar-refractivity contribution < 1.29 is 4.74 Å². The Balaban J connectivity index is 1.21. The zero-order chi connectivity index (χ0) is 14.1. The summed E-state index contributed by atoms with van der Waals surface area (Å²) in [6, 6.07) is 6.03. The molecule has 0 bridgehead atoms. The number of rotatable bonds is 5. The van der Waals surface area contributed by atoms with Crippen molar-refractivity contribution in [2.45, 2.75) is 43.1 Å². The maximum absolute atomic E-state index is 6.07. The maximum atomic E-state index is 6.07. The molecule has 1 aromatic heterocycles. The van der Waals surface area contributed by atoms with Gasteiger partial charge in [-0.25, -0.2) is 0 Å². The van der Waals surface area contributed by atoms with Gasteiger partial charge in [-0.05, 0) is 37.3 Å². The Morgan fingerprint density at radius 1 is 1.33 bits per heavy atom. The van der Waals surface area contributed by atoms with E-state index in [4.69, 9.17) is 4.74 Å². The minimum absolute atomic E-state index is 0.419. The van der Waals surface area contributed by atoms with Crippen LogP contribution in [0.25, 0.3) is 0 Å². The molecule has 4 rings (SSSR count). The van der Waals surface area contributed by atoms with E-state index in [1.807, 2.05) is 24.4 Å². The summed E-state index contributed by atoms with van der Waals surface area (Å²) < 4.78 is 6.58. The smallest absolute Gasteiger partial charge is 0.0892 e. The van der Waals surface area contributed by atoms with E-state index in [0.29, 0.717) is 17.5 Å². The molecule has 0 aromatic carbocycles. The summed E-state index contributed by atoms with van der Waals surface area (Å²) in [4.78, 5) is 7.00. The average molecular weight is 304 g/mol. The number of hydrogen-bond acceptors (Lipinski definition) is 4. The molecule has 1 atom stereocenters. The molecule has 1 aromatic rings. The molecule has 2 aliphatic heterocycles. The molecule has 3 heterocycles. The summed E-state index contributed by atoms with van der Waals surface area (Å²) in [6.45, 7) is 4.59. The predicted molar refractivity (Wildman–Crippen MR) is 86.4 cm³/mol. The van der Waals surface area contributed by atoms with Crippen LogP contribution in [0.15, 0.2) is 24.4 Å². The molecular weight excluding hydrogens is 280 g/mol. The van der Waals surface area contributed by atoms with Gasteiger partial charge in [-0.3, -0.25) is 4.98 Å². The van der Waals surface area contributed by atoms with Gasteiger partial charge < -0.3 is 9.64 Å². The van der Waals surface area contributed by atoms with Gasteiger partial charge in [-0.1, -0.05) is 12.5 Å². The van der Waals surface area contributed by atoms with E-state index < -0.39 is 0 Å². The van der Waals surface area contributed by atoms with Gasteiger partial charge in [0.05, 0.1) is 18.4 Å². The molecular formula is C17H24N2OS. The van der Waals surface area contributed by atoms with Crippen molar-refractivity contribution in [2.75, 3.05) is 25.4 Å². The number of aromatic nitrogens is 1. The molecule has 114 valence electrons. The summed E-state index contributed by atoms with van der Waals surface area (Å²) >= 11 is 2.14. The summed E-state index contributed by atoms with van der Waals surface area (Å²) in [7, 11) is 0.